The van der Waals surface area contributed by atoms with Crippen molar-refractivity contribution >= 4 is 28.5 Å². The molecule has 1 unspecified atom stereocenters. The maximum Gasteiger partial charge on any atom is 0.330 e. The summed E-state index contributed by atoms with van der Waals surface area (Å²) in [5, 5.41) is 5.74. The summed E-state index contributed by atoms with van der Waals surface area (Å²) in [7, 11) is 0. The van der Waals surface area contributed by atoms with Gasteiger partial charge in [-0.25, -0.2) is 9.78 Å². The maximum absolute atomic E-state index is 13.4. The van der Waals surface area contributed by atoms with Gasteiger partial charge in [-0.15, -0.1) is 0 Å². The monoisotopic (exact) mass is 465 g/mol. The summed E-state index contributed by atoms with van der Waals surface area (Å²) in [4.78, 5) is 57.1. The molecule has 3 rings (SSSR count). The summed E-state index contributed by atoms with van der Waals surface area (Å²) in [5.74, 6) is -0.536. The molecule has 3 N–H and O–H groups in total. The topological polar surface area (TPSA) is 126 Å². The highest BCUT2D eigenvalue weighted by Gasteiger charge is 2.22. The Bertz CT molecular complexity index is 1350. The molecule has 9 nitrogen and oxygen atoms in total. The summed E-state index contributed by atoms with van der Waals surface area (Å²) in [6.07, 6.45) is 0. The molecule has 0 bridgehead atoms. The van der Waals surface area contributed by atoms with Crippen LogP contribution in [0.25, 0.3) is 11.0 Å². The molecule has 0 aliphatic rings. The quantitative estimate of drug-likeness (QED) is 0.493. The maximum atomic E-state index is 13.4. The van der Waals surface area contributed by atoms with E-state index in [-0.39, 0.29) is 34.3 Å². The van der Waals surface area contributed by atoms with Gasteiger partial charge < -0.3 is 10.6 Å². The Balaban J connectivity index is 2.09. The van der Waals surface area contributed by atoms with Crippen molar-refractivity contribution in [3.8, 4) is 0 Å². The lowest BCUT2D eigenvalue weighted by Crippen LogP contribution is -2.35. The Morgan fingerprint density at radius 3 is 2.41 bits per heavy atom. The molecule has 0 saturated heterocycles. The highest BCUT2D eigenvalue weighted by atomic mass is 16.2. The number of carbonyl (C=O) groups is 2. The lowest BCUT2D eigenvalue weighted by atomic mass is 10.0. The number of aromatic nitrogens is 3. The smallest absolute Gasteiger partial charge is 0.330 e. The number of aromatic amines is 1. The molecule has 180 valence electrons. The Hall–Kier alpha value is -3.75. The molecular weight excluding hydrogens is 434 g/mol. The molecule has 34 heavy (non-hydrogen) atoms. The lowest BCUT2D eigenvalue weighted by molar-refractivity contribution is -0.114. The molecule has 0 aliphatic carbocycles. The van der Waals surface area contributed by atoms with Gasteiger partial charge in [0.2, 0.25) is 5.91 Å². The van der Waals surface area contributed by atoms with Crippen LogP contribution in [0.4, 0.5) is 5.69 Å². The zero-order valence-corrected chi connectivity index (χ0v) is 20.4. The summed E-state index contributed by atoms with van der Waals surface area (Å²) < 4.78 is 1.42. The third kappa shape index (κ3) is 5.41. The van der Waals surface area contributed by atoms with E-state index in [2.05, 4.69) is 20.6 Å². The molecule has 9 heteroatoms. The van der Waals surface area contributed by atoms with Crippen LogP contribution in [0.2, 0.25) is 0 Å². The van der Waals surface area contributed by atoms with Crippen LogP contribution in [0.3, 0.4) is 0 Å². The SMILES string of the molecule is CC(=O)Nc1cccc(C(C)NC(=O)c2cc(C(C)C)nc3c2c(=O)[nH]c(=O)n3CC(C)C)c1. The van der Waals surface area contributed by atoms with Crippen LogP contribution in [0.5, 0.6) is 0 Å². The number of amides is 2. The molecule has 2 amide bonds. The summed E-state index contributed by atoms with van der Waals surface area (Å²) >= 11 is 0. The van der Waals surface area contributed by atoms with Gasteiger partial charge in [0.15, 0.2) is 5.65 Å². The minimum Gasteiger partial charge on any atom is -0.345 e. The molecular formula is C25H31N5O4. The molecule has 3 aromatic rings. The molecule has 0 radical (unpaired) electrons. The van der Waals surface area contributed by atoms with E-state index in [0.717, 1.165) is 5.56 Å². The Morgan fingerprint density at radius 1 is 1.09 bits per heavy atom. The third-order valence-corrected chi connectivity index (χ3v) is 5.41. The Kier molecular flexibility index (Phi) is 7.34. The second-order valence-electron chi connectivity index (χ2n) is 9.21. The minimum absolute atomic E-state index is 0.0235. The van der Waals surface area contributed by atoms with Crippen molar-refractivity contribution in [2.45, 2.75) is 60.0 Å². The van der Waals surface area contributed by atoms with E-state index in [4.69, 9.17) is 0 Å². The Morgan fingerprint density at radius 2 is 1.79 bits per heavy atom. The number of pyridine rings is 1. The van der Waals surface area contributed by atoms with Gasteiger partial charge in [-0.05, 0) is 42.5 Å². The Labute approximate surface area is 197 Å². The standard InChI is InChI=1S/C25H31N5O4/c1-13(2)12-30-22-21(24(33)29-25(30)34)19(11-20(28-22)14(3)4)23(32)26-15(5)17-8-7-9-18(10-17)27-16(6)31/h7-11,13-15H,12H2,1-6H3,(H,26,32)(H,27,31)(H,29,33,34). The number of H-pyrrole nitrogens is 1. The van der Waals surface area contributed by atoms with E-state index in [0.29, 0.717) is 17.9 Å². The van der Waals surface area contributed by atoms with Crippen LogP contribution in [0.15, 0.2) is 39.9 Å². The number of nitrogens with zero attached hydrogens (tertiary/aromatic N) is 2. The molecule has 2 heterocycles. The van der Waals surface area contributed by atoms with Gasteiger partial charge in [-0.2, -0.15) is 0 Å². The lowest BCUT2D eigenvalue weighted by Gasteiger charge is -2.18. The van der Waals surface area contributed by atoms with Gasteiger partial charge in [0.25, 0.3) is 11.5 Å². The van der Waals surface area contributed by atoms with Gasteiger partial charge in [0, 0.05) is 24.8 Å². The highest BCUT2D eigenvalue weighted by molar-refractivity contribution is 6.05. The van der Waals surface area contributed by atoms with E-state index in [1.165, 1.54) is 11.5 Å². The zero-order chi connectivity index (χ0) is 25.2. The predicted molar refractivity (Wildman–Crippen MR) is 132 cm³/mol. The number of anilines is 1. The first kappa shape index (κ1) is 24.9. The first-order chi connectivity index (χ1) is 16.0. The number of benzene rings is 1. The minimum atomic E-state index is -0.645. The van der Waals surface area contributed by atoms with Gasteiger partial charge in [-0.1, -0.05) is 39.8 Å². The van der Waals surface area contributed by atoms with Gasteiger partial charge in [0.05, 0.1) is 17.0 Å². The molecule has 0 aliphatic heterocycles. The van der Waals surface area contributed by atoms with E-state index < -0.39 is 23.2 Å². The van der Waals surface area contributed by atoms with Crippen LogP contribution in [0.1, 0.15) is 75.1 Å². The van der Waals surface area contributed by atoms with E-state index in [9.17, 15) is 19.2 Å². The average Bonchev–Trinajstić information content (AvgIpc) is 2.75. The fraction of sp³-hybridized carbons (Fsp3) is 0.400. The first-order valence-corrected chi connectivity index (χ1v) is 11.3. The third-order valence-electron chi connectivity index (χ3n) is 5.41. The fourth-order valence-corrected chi connectivity index (χ4v) is 3.75. The number of carbonyl (C=O) groups excluding carboxylic acids is 2. The number of rotatable bonds is 7. The highest BCUT2D eigenvalue weighted by Crippen LogP contribution is 2.22. The normalized spacial score (nSPS) is 12.2. The molecule has 0 saturated carbocycles. The van der Waals surface area contributed by atoms with E-state index in [1.807, 2.05) is 40.7 Å². The van der Waals surface area contributed by atoms with Crippen molar-refractivity contribution in [3.05, 3.63) is 68.0 Å². The first-order valence-electron chi connectivity index (χ1n) is 11.3. The zero-order valence-electron chi connectivity index (χ0n) is 20.4. The number of fused-ring (bicyclic) bond motifs is 1. The molecule has 1 aromatic carbocycles. The van der Waals surface area contributed by atoms with E-state index >= 15 is 0 Å². The van der Waals surface area contributed by atoms with Crippen LogP contribution in [0, 0.1) is 5.92 Å². The van der Waals surface area contributed by atoms with Crippen LogP contribution in [-0.2, 0) is 11.3 Å². The molecule has 2 aromatic heterocycles. The van der Waals surface area contributed by atoms with Gasteiger partial charge in [-0.3, -0.25) is 23.9 Å². The summed E-state index contributed by atoms with van der Waals surface area (Å²) in [6, 6.07) is 8.38. The van der Waals surface area contributed by atoms with Gasteiger partial charge >= 0.3 is 5.69 Å². The predicted octanol–water partition coefficient (Wildman–Crippen LogP) is 3.31. The van der Waals surface area contributed by atoms with Crippen molar-refractivity contribution in [2.75, 3.05) is 5.32 Å². The van der Waals surface area contributed by atoms with Gasteiger partial charge in [0.1, 0.15) is 0 Å². The van der Waals surface area contributed by atoms with Crippen LogP contribution >= 0.6 is 0 Å². The van der Waals surface area contributed by atoms with Crippen molar-refractivity contribution in [2.24, 2.45) is 5.92 Å². The summed E-state index contributed by atoms with van der Waals surface area (Å²) in [6.45, 7) is 11.4. The molecule has 0 fully saturated rings. The second-order valence-corrected chi connectivity index (χ2v) is 9.21. The number of hydrogen-bond acceptors (Lipinski definition) is 5. The number of hydrogen-bond donors (Lipinski definition) is 3. The van der Waals surface area contributed by atoms with Crippen molar-refractivity contribution in [3.63, 3.8) is 0 Å². The summed E-state index contributed by atoms with van der Waals surface area (Å²) in [5.41, 5.74) is 1.20. The van der Waals surface area contributed by atoms with Crippen LogP contribution in [-0.4, -0.2) is 26.3 Å². The average molecular weight is 466 g/mol. The fourth-order valence-electron chi connectivity index (χ4n) is 3.75. The molecule has 0 spiro atoms. The van der Waals surface area contributed by atoms with Crippen LogP contribution < -0.4 is 21.9 Å². The largest absolute Gasteiger partial charge is 0.345 e. The molecule has 1 atom stereocenters. The van der Waals surface area contributed by atoms with Crippen molar-refractivity contribution < 1.29 is 9.59 Å². The van der Waals surface area contributed by atoms with E-state index in [1.54, 1.807) is 24.3 Å². The number of nitrogens with one attached hydrogen (secondary N) is 3. The second kappa shape index (κ2) is 10.0. The van der Waals surface area contributed by atoms with Crippen molar-refractivity contribution in [1.82, 2.24) is 19.9 Å². The van der Waals surface area contributed by atoms with Crippen molar-refractivity contribution in [1.29, 1.82) is 0 Å².